The maximum atomic E-state index is 6.30. The zero-order valence-electron chi connectivity index (χ0n) is 27.5. The van der Waals surface area contributed by atoms with E-state index in [1.165, 1.54) is 22.3 Å². The summed E-state index contributed by atoms with van der Waals surface area (Å²) in [6.45, 7) is 6.30. The van der Waals surface area contributed by atoms with Gasteiger partial charge in [0, 0.05) is 41.8 Å². The van der Waals surface area contributed by atoms with E-state index in [4.69, 9.17) is 21.1 Å². The maximum Gasteiger partial charge on any atom is 0.119 e. The van der Waals surface area contributed by atoms with Gasteiger partial charge < -0.3 is 9.47 Å². The number of ether oxygens (including phenoxy) is 2. The summed E-state index contributed by atoms with van der Waals surface area (Å²) in [5.41, 5.74) is 6.01. The number of hydrogen-bond donors (Lipinski definition) is 0. The van der Waals surface area contributed by atoms with E-state index >= 15 is 0 Å². The molecule has 0 N–H and O–H groups in total. The molecule has 48 heavy (non-hydrogen) atoms. The van der Waals surface area contributed by atoms with Crippen LogP contribution in [0.15, 0.2) is 140 Å². The van der Waals surface area contributed by atoms with Crippen LogP contribution in [0.4, 0.5) is 0 Å². The van der Waals surface area contributed by atoms with Crippen LogP contribution in [0.3, 0.4) is 0 Å². The molecule has 3 atom stereocenters. The lowest BCUT2D eigenvalue weighted by Crippen LogP contribution is -2.47. The molecule has 6 heteroatoms. The highest BCUT2D eigenvalue weighted by molar-refractivity contribution is 8.00. The van der Waals surface area contributed by atoms with Crippen molar-refractivity contribution in [2.24, 2.45) is 0 Å². The molecule has 2 heterocycles. The van der Waals surface area contributed by atoms with E-state index in [1.807, 2.05) is 18.2 Å². The highest BCUT2D eigenvalue weighted by atomic mass is 35.5. The predicted molar refractivity (Wildman–Crippen MR) is 199 cm³/mol. The van der Waals surface area contributed by atoms with E-state index in [-0.39, 0.29) is 17.7 Å². The van der Waals surface area contributed by atoms with Crippen LogP contribution in [0.2, 0.25) is 5.02 Å². The number of morpholine rings is 1. The van der Waals surface area contributed by atoms with Gasteiger partial charge in [-0.15, -0.1) is 11.8 Å². The van der Waals surface area contributed by atoms with Crippen molar-refractivity contribution in [3.05, 3.63) is 172 Å². The highest BCUT2D eigenvalue weighted by Crippen LogP contribution is 2.46. The Bertz CT molecular complexity index is 1640. The second kappa shape index (κ2) is 15.3. The van der Waals surface area contributed by atoms with Crippen LogP contribution < -0.4 is 4.74 Å². The average Bonchev–Trinajstić information content (AvgIpc) is 3.61. The van der Waals surface area contributed by atoms with Crippen molar-refractivity contribution >= 4 is 23.4 Å². The van der Waals surface area contributed by atoms with Crippen molar-refractivity contribution in [2.75, 3.05) is 38.7 Å². The van der Waals surface area contributed by atoms with Crippen molar-refractivity contribution in [3.8, 4) is 5.75 Å². The SMILES string of the molecule is CC(COc1ccc(CC2CN(C(c3ccccc3)(c3ccccc3)c3ccccc3)CS2)cc1)N1CCOC(c2cccc(Cl)c2)C1. The van der Waals surface area contributed by atoms with Gasteiger partial charge in [0.1, 0.15) is 12.4 Å². The third-order valence-corrected chi connectivity index (χ3v) is 11.2. The monoisotopic (exact) mass is 674 g/mol. The fourth-order valence-corrected chi connectivity index (χ4v) is 8.76. The molecule has 246 valence electrons. The molecule has 0 saturated carbocycles. The molecule has 2 aliphatic rings. The third-order valence-electron chi connectivity index (χ3n) is 9.76. The summed E-state index contributed by atoms with van der Waals surface area (Å²) in [4.78, 5) is 5.14. The molecule has 7 rings (SSSR count). The molecule has 0 radical (unpaired) electrons. The van der Waals surface area contributed by atoms with Crippen LogP contribution in [0.5, 0.6) is 5.75 Å². The lowest BCUT2D eigenvalue weighted by Gasteiger charge is -2.43. The summed E-state index contributed by atoms with van der Waals surface area (Å²) in [6, 6.07) is 50.1. The lowest BCUT2D eigenvalue weighted by atomic mass is 9.75. The Balaban J connectivity index is 1.00. The van der Waals surface area contributed by atoms with Gasteiger partial charge in [0.2, 0.25) is 0 Å². The number of hydrogen-bond acceptors (Lipinski definition) is 5. The van der Waals surface area contributed by atoms with Crippen LogP contribution in [0.25, 0.3) is 0 Å². The number of benzene rings is 5. The normalized spacial score (nSPS) is 19.6. The maximum absolute atomic E-state index is 6.30. The van der Waals surface area contributed by atoms with Crippen LogP contribution in [0.1, 0.15) is 40.8 Å². The summed E-state index contributed by atoms with van der Waals surface area (Å²) >= 11 is 8.30. The van der Waals surface area contributed by atoms with Gasteiger partial charge in [0.25, 0.3) is 0 Å². The van der Waals surface area contributed by atoms with E-state index in [0.29, 0.717) is 18.5 Å². The Labute approximate surface area is 294 Å². The van der Waals surface area contributed by atoms with Gasteiger partial charge in [-0.05, 0) is 65.4 Å². The molecular weight excluding hydrogens is 632 g/mol. The molecule has 5 aromatic carbocycles. The number of halogens is 1. The summed E-state index contributed by atoms with van der Waals surface area (Å²) < 4.78 is 12.4. The van der Waals surface area contributed by atoms with Gasteiger partial charge in [-0.25, -0.2) is 0 Å². The molecule has 0 spiro atoms. The molecule has 0 aromatic heterocycles. The quantitative estimate of drug-likeness (QED) is 0.130. The zero-order chi connectivity index (χ0) is 32.8. The number of thioether (sulfide) groups is 1. The Hall–Kier alpha value is -3.58. The third kappa shape index (κ3) is 7.22. The largest absolute Gasteiger partial charge is 0.492 e. The number of nitrogens with zero attached hydrogens (tertiary/aromatic N) is 2. The minimum atomic E-state index is -0.367. The Morgan fingerprint density at radius 2 is 1.42 bits per heavy atom. The summed E-state index contributed by atoms with van der Waals surface area (Å²) in [6.07, 6.45) is 1.05. The molecule has 5 aromatic rings. The second-order valence-corrected chi connectivity index (χ2v) is 14.6. The van der Waals surface area contributed by atoms with Gasteiger partial charge >= 0.3 is 0 Å². The molecule has 4 nitrogen and oxygen atoms in total. The first-order chi connectivity index (χ1) is 23.6. The van der Waals surface area contributed by atoms with E-state index < -0.39 is 0 Å². The first-order valence-electron chi connectivity index (χ1n) is 17.0. The van der Waals surface area contributed by atoms with Gasteiger partial charge in [0.15, 0.2) is 0 Å². The van der Waals surface area contributed by atoms with Crippen molar-refractivity contribution < 1.29 is 9.47 Å². The van der Waals surface area contributed by atoms with Crippen molar-refractivity contribution in [3.63, 3.8) is 0 Å². The minimum Gasteiger partial charge on any atom is -0.492 e. The van der Waals surface area contributed by atoms with Crippen molar-refractivity contribution in [1.82, 2.24) is 9.80 Å². The first-order valence-corrected chi connectivity index (χ1v) is 18.4. The van der Waals surface area contributed by atoms with Gasteiger partial charge in [0.05, 0.1) is 18.2 Å². The summed E-state index contributed by atoms with van der Waals surface area (Å²) in [5.74, 6) is 1.88. The first kappa shape index (κ1) is 32.9. The molecule has 2 aliphatic heterocycles. The predicted octanol–water partition coefficient (Wildman–Crippen LogP) is 9.09. The van der Waals surface area contributed by atoms with E-state index in [2.05, 4.69) is 150 Å². The van der Waals surface area contributed by atoms with Crippen molar-refractivity contribution in [1.29, 1.82) is 0 Å². The standard InChI is InChI=1S/C42H43ClN2O2S/c1-32(44-24-25-46-41(29-44)34-12-11-19-38(43)27-34)30-47-39-22-20-33(21-23-39)26-40-28-45(31-48-40)42(35-13-5-2-6-14-35,36-15-7-3-8-16-36)37-17-9-4-10-18-37/h2-23,27,32,40-41H,24-26,28-31H2,1H3. The molecular formula is C42H43ClN2O2S. The molecule has 2 fully saturated rings. The molecule has 0 bridgehead atoms. The fraction of sp³-hybridized carbons (Fsp3) is 0.286. The van der Waals surface area contributed by atoms with Gasteiger partial charge in [-0.2, -0.15) is 0 Å². The smallest absolute Gasteiger partial charge is 0.119 e. The Morgan fingerprint density at radius 1 is 0.792 bits per heavy atom. The average molecular weight is 675 g/mol. The fourth-order valence-electron chi connectivity index (χ4n) is 7.27. The van der Waals surface area contributed by atoms with Crippen LogP contribution in [-0.4, -0.2) is 59.8 Å². The lowest BCUT2D eigenvalue weighted by molar-refractivity contribution is -0.0478. The van der Waals surface area contributed by atoms with Crippen LogP contribution in [-0.2, 0) is 16.7 Å². The molecule has 3 unspecified atom stereocenters. The zero-order valence-corrected chi connectivity index (χ0v) is 29.0. The minimum absolute atomic E-state index is 0.0294. The van der Waals surface area contributed by atoms with E-state index in [9.17, 15) is 0 Å². The molecule has 2 saturated heterocycles. The van der Waals surface area contributed by atoms with E-state index in [0.717, 1.165) is 48.3 Å². The highest BCUT2D eigenvalue weighted by Gasteiger charge is 2.45. The van der Waals surface area contributed by atoms with Crippen molar-refractivity contribution in [2.45, 2.75) is 36.3 Å². The Kier molecular flexibility index (Phi) is 10.5. The van der Waals surface area contributed by atoms with Gasteiger partial charge in [-0.1, -0.05) is 127 Å². The van der Waals surface area contributed by atoms with Gasteiger partial charge in [-0.3, -0.25) is 9.80 Å². The summed E-state index contributed by atoms with van der Waals surface area (Å²) in [5, 5.41) is 1.23. The van der Waals surface area contributed by atoms with Crippen LogP contribution in [0, 0.1) is 0 Å². The topological polar surface area (TPSA) is 24.9 Å². The summed E-state index contributed by atoms with van der Waals surface area (Å²) in [7, 11) is 0. The van der Waals surface area contributed by atoms with E-state index in [1.54, 1.807) is 0 Å². The number of rotatable bonds is 11. The molecule has 0 amide bonds. The molecule has 0 aliphatic carbocycles. The second-order valence-electron chi connectivity index (χ2n) is 12.9. The van der Waals surface area contributed by atoms with Crippen LogP contribution >= 0.6 is 23.4 Å². The Morgan fingerprint density at radius 3 is 2.02 bits per heavy atom.